The van der Waals surface area contributed by atoms with Crippen LogP contribution >= 0.6 is 11.3 Å². The van der Waals surface area contributed by atoms with E-state index in [4.69, 9.17) is 0 Å². The molecule has 2 N–H and O–H groups in total. The van der Waals surface area contributed by atoms with Crippen LogP contribution in [0.15, 0.2) is 17.5 Å². The van der Waals surface area contributed by atoms with Gasteiger partial charge in [0.05, 0.1) is 6.04 Å². The van der Waals surface area contributed by atoms with E-state index in [1.165, 1.54) is 30.6 Å². The topological polar surface area (TPSA) is 41.1 Å². The molecule has 2 bridgehead atoms. The van der Waals surface area contributed by atoms with Gasteiger partial charge in [-0.2, -0.15) is 0 Å². The lowest BCUT2D eigenvalue weighted by atomic mass is 9.89. The Morgan fingerprint density at radius 2 is 2.21 bits per heavy atom. The fraction of sp³-hybridized carbons (Fsp3) is 0.667. The molecule has 1 aromatic rings. The second-order valence-electron chi connectivity index (χ2n) is 5.98. The van der Waals surface area contributed by atoms with Crippen LogP contribution in [0, 0.1) is 5.92 Å². The van der Waals surface area contributed by atoms with Crippen LogP contribution in [0.3, 0.4) is 0 Å². The maximum absolute atomic E-state index is 12.1. The highest BCUT2D eigenvalue weighted by molar-refractivity contribution is 7.10. The molecular formula is C15H22N2OS. The molecule has 3 atom stereocenters. The minimum atomic E-state index is 0.144. The van der Waals surface area contributed by atoms with E-state index < -0.39 is 0 Å². The molecule has 3 rings (SSSR count). The summed E-state index contributed by atoms with van der Waals surface area (Å²) in [7, 11) is 0. The number of fused-ring (bicyclic) bond motifs is 2. The highest BCUT2D eigenvalue weighted by Crippen LogP contribution is 2.32. The molecule has 2 fully saturated rings. The Kier molecular flexibility index (Phi) is 3.89. The van der Waals surface area contributed by atoms with Gasteiger partial charge in [-0.25, -0.2) is 0 Å². The third kappa shape index (κ3) is 3.18. The van der Waals surface area contributed by atoms with E-state index in [1.54, 1.807) is 11.3 Å². The normalized spacial score (nSPS) is 31.1. The van der Waals surface area contributed by atoms with Gasteiger partial charge in [-0.15, -0.1) is 11.3 Å². The third-order valence-corrected chi connectivity index (χ3v) is 5.45. The van der Waals surface area contributed by atoms with Gasteiger partial charge in [0.2, 0.25) is 5.91 Å². The van der Waals surface area contributed by atoms with Crippen molar-refractivity contribution in [2.24, 2.45) is 5.92 Å². The highest BCUT2D eigenvalue weighted by atomic mass is 32.1. The molecule has 1 aromatic heterocycles. The van der Waals surface area contributed by atoms with Crippen LogP contribution < -0.4 is 10.6 Å². The Labute approximate surface area is 118 Å². The summed E-state index contributed by atoms with van der Waals surface area (Å²) < 4.78 is 0. The van der Waals surface area contributed by atoms with Crippen molar-refractivity contribution < 1.29 is 4.79 Å². The molecule has 3 nitrogen and oxygen atoms in total. The van der Waals surface area contributed by atoms with Crippen LogP contribution in [-0.2, 0) is 4.79 Å². The quantitative estimate of drug-likeness (QED) is 0.889. The first-order valence-electron chi connectivity index (χ1n) is 7.29. The number of hydrogen-bond donors (Lipinski definition) is 2. The van der Waals surface area contributed by atoms with Crippen molar-refractivity contribution in [3.63, 3.8) is 0 Å². The molecule has 2 aliphatic rings. The number of carbonyl (C=O) groups excluding carboxylic acids is 1. The number of amides is 1. The average molecular weight is 278 g/mol. The summed E-state index contributed by atoms with van der Waals surface area (Å²) in [5.41, 5.74) is 0. The van der Waals surface area contributed by atoms with E-state index in [9.17, 15) is 4.79 Å². The molecule has 3 unspecified atom stereocenters. The first kappa shape index (κ1) is 13.1. The fourth-order valence-electron chi connectivity index (χ4n) is 3.51. The van der Waals surface area contributed by atoms with Gasteiger partial charge < -0.3 is 10.6 Å². The van der Waals surface area contributed by atoms with E-state index >= 15 is 0 Å². The van der Waals surface area contributed by atoms with Crippen molar-refractivity contribution in [3.05, 3.63) is 22.4 Å². The first-order valence-corrected chi connectivity index (χ1v) is 8.17. The van der Waals surface area contributed by atoms with Gasteiger partial charge in [0, 0.05) is 23.4 Å². The maximum atomic E-state index is 12.1. The Bertz CT molecular complexity index is 419. The number of piperidine rings is 1. The molecule has 104 valence electrons. The van der Waals surface area contributed by atoms with E-state index in [-0.39, 0.29) is 11.9 Å². The van der Waals surface area contributed by atoms with Gasteiger partial charge in [0.1, 0.15) is 0 Å². The molecule has 19 heavy (non-hydrogen) atoms. The molecule has 0 radical (unpaired) electrons. The SMILES string of the molecule is CC(NC(=O)CC1CC2CCC(C1)N2)c1cccs1. The molecule has 4 heteroatoms. The van der Waals surface area contributed by atoms with Crippen LogP contribution in [0.4, 0.5) is 0 Å². The molecule has 0 aromatic carbocycles. The Morgan fingerprint density at radius 1 is 1.47 bits per heavy atom. The lowest BCUT2D eigenvalue weighted by Gasteiger charge is -2.29. The predicted molar refractivity (Wildman–Crippen MR) is 78.2 cm³/mol. The Morgan fingerprint density at radius 3 is 2.84 bits per heavy atom. The van der Waals surface area contributed by atoms with Gasteiger partial charge in [0.25, 0.3) is 0 Å². The van der Waals surface area contributed by atoms with Crippen molar-refractivity contribution in [2.75, 3.05) is 0 Å². The van der Waals surface area contributed by atoms with Crippen LogP contribution in [0.2, 0.25) is 0 Å². The second kappa shape index (κ2) is 5.63. The van der Waals surface area contributed by atoms with E-state index in [0.29, 0.717) is 24.4 Å². The molecule has 3 heterocycles. The predicted octanol–water partition coefficient (Wildman–Crippen LogP) is 2.85. The van der Waals surface area contributed by atoms with Gasteiger partial charge in [-0.1, -0.05) is 6.07 Å². The molecule has 2 aliphatic heterocycles. The summed E-state index contributed by atoms with van der Waals surface area (Å²) >= 11 is 1.71. The number of nitrogens with one attached hydrogen (secondary N) is 2. The van der Waals surface area contributed by atoms with Crippen LogP contribution in [0.5, 0.6) is 0 Å². The zero-order chi connectivity index (χ0) is 13.2. The Hall–Kier alpha value is -0.870. The van der Waals surface area contributed by atoms with Crippen molar-refractivity contribution in [1.82, 2.24) is 10.6 Å². The molecular weight excluding hydrogens is 256 g/mol. The lowest BCUT2D eigenvalue weighted by molar-refractivity contribution is -0.122. The van der Waals surface area contributed by atoms with Gasteiger partial charge >= 0.3 is 0 Å². The summed E-state index contributed by atoms with van der Waals surface area (Å²) in [5, 5.41) is 8.82. The minimum Gasteiger partial charge on any atom is -0.349 e. The molecule has 0 saturated carbocycles. The number of hydrogen-bond acceptors (Lipinski definition) is 3. The molecule has 2 saturated heterocycles. The largest absolute Gasteiger partial charge is 0.349 e. The van der Waals surface area contributed by atoms with Gasteiger partial charge in [0.15, 0.2) is 0 Å². The maximum Gasteiger partial charge on any atom is 0.220 e. The third-order valence-electron chi connectivity index (χ3n) is 4.39. The van der Waals surface area contributed by atoms with E-state index in [2.05, 4.69) is 29.0 Å². The highest BCUT2D eigenvalue weighted by Gasteiger charge is 2.34. The van der Waals surface area contributed by atoms with E-state index in [0.717, 1.165) is 0 Å². The number of rotatable bonds is 4. The minimum absolute atomic E-state index is 0.144. The summed E-state index contributed by atoms with van der Waals surface area (Å²) in [4.78, 5) is 13.4. The van der Waals surface area contributed by atoms with E-state index in [1.807, 2.05) is 6.07 Å². The Balaban J connectivity index is 1.49. The fourth-order valence-corrected chi connectivity index (χ4v) is 4.25. The zero-order valence-corrected chi connectivity index (χ0v) is 12.2. The average Bonchev–Trinajstić information content (AvgIpc) is 2.99. The molecule has 1 amide bonds. The lowest BCUT2D eigenvalue weighted by Crippen LogP contribution is -2.39. The van der Waals surface area contributed by atoms with Crippen molar-refractivity contribution in [2.45, 2.75) is 57.2 Å². The number of carbonyl (C=O) groups is 1. The zero-order valence-electron chi connectivity index (χ0n) is 11.4. The van der Waals surface area contributed by atoms with Crippen LogP contribution in [0.1, 0.15) is 49.9 Å². The summed E-state index contributed by atoms with van der Waals surface area (Å²) in [6.45, 7) is 2.07. The summed E-state index contributed by atoms with van der Waals surface area (Å²) in [6, 6.07) is 5.61. The second-order valence-corrected chi connectivity index (χ2v) is 6.96. The van der Waals surface area contributed by atoms with Gasteiger partial charge in [-0.3, -0.25) is 4.79 Å². The summed E-state index contributed by atoms with van der Waals surface area (Å²) in [5.74, 6) is 0.793. The summed E-state index contributed by atoms with van der Waals surface area (Å²) in [6.07, 6.45) is 5.65. The monoisotopic (exact) mass is 278 g/mol. The molecule has 0 spiro atoms. The van der Waals surface area contributed by atoms with Crippen LogP contribution in [-0.4, -0.2) is 18.0 Å². The number of thiophene rings is 1. The van der Waals surface area contributed by atoms with Crippen LogP contribution in [0.25, 0.3) is 0 Å². The standard InChI is InChI=1S/C15H22N2OS/c1-10(14-3-2-6-19-14)16-15(18)9-11-7-12-4-5-13(8-11)17-12/h2-3,6,10-13,17H,4-5,7-9H2,1H3,(H,16,18). The van der Waals surface area contributed by atoms with Crippen molar-refractivity contribution >= 4 is 17.2 Å². The van der Waals surface area contributed by atoms with Crippen molar-refractivity contribution in [3.8, 4) is 0 Å². The van der Waals surface area contributed by atoms with Gasteiger partial charge in [-0.05, 0) is 50.0 Å². The molecule has 0 aliphatic carbocycles. The smallest absolute Gasteiger partial charge is 0.220 e. The van der Waals surface area contributed by atoms with Crippen molar-refractivity contribution in [1.29, 1.82) is 0 Å². The first-order chi connectivity index (χ1) is 9.20.